The van der Waals surface area contributed by atoms with Crippen LogP contribution in [0.5, 0.6) is 0 Å². The highest BCUT2D eigenvalue weighted by Crippen LogP contribution is 2.57. The Morgan fingerprint density at radius 2 is 1.62 bits per heavy atom. The Morgan fingerprint density at radius 1 is 0.966 bits per heavy atom. The van der Waals surface area contributed by atoms with Gasteiger partial charge in [-0.05, 0) is 53.3 Å². The molecule has 1 heterocycles. The molecule has 1 aromatic heterocycles. The second-order valence-corrected chi connectivity index (χ2v) is 10.3. The van der Waals surface area contributed by atoms with E-state index in [2.05, 4.69) is 48.0 Å². The molecule has 1 aliphatic carbocycles. The van der Waals surface area contributed by atoms with Crippen molar-refractivity contribution in [3.63, 3.8) is 0 Å². The fourth-order valence-corrected chi connectivity index (χ4v) is 6.44. The highest BCUT2D eigenvalue weighted by Gasteiger charge is 2.44. The lowest BCUT2D eigenvalue weighted by Crippen LogP contribution is -2.25. The first-order valence-corrected chi connectivity index (χ1v) is 12.8. The SMILES string of the molecule is CCCCCCC1(CCCCCC)c2cc(Br)c(CO)cc2-c2sc(C=O)cc21. The number of thiophene rings is 1. The van der Waals surface area contributed by atoms with Crippen LogP contribution in [0.3, 0.4) is 0 Å². The Labute approximate surface area is 187 Å². The summed E-state index contributed by atoms with van der Waals surface area (Å²) in [6, 6.07) is 6.55. The lowest BCUT2D eigenvalue weighted by atomic mass is 9.71. The van der Waals surface area contributed by atoms with E-state index in [0.717, 1.165) is 34.0 Å². The summed E-state index contributed by atoms with van der Waals surface area (Å²) in [5.74, 6) is 0. The average molecular weight is 478 g/mol. The quantitative estimate of drug-likeness (QED) is 0.248. The van der Waals surface area contributed by atoms with Gasteiger partial charge in [0, 0.05) is 14.8 Å². The highest BCUT2D eigenvalue weighted by molar-refractivity contribution is 9.10. The van der Waals surface area contributed by atoms with E-state index in [1.807, 2.05) is 0 Å². The fourth-order valence-electron chi connectivity index (χ4n) is 4.86. The maximum Gasteiger partial charge on any atom is 0.160 e. The van der Waals surface area contributed by atoms with Crippen LogP contribution >= 0.6 is 27.3 Å². The third-order valence-electron chi connectivity index (χ3n) is 6.41. The van der Waals surface area contributed by atoms with Gasteiger partial charge in [-0.1, -0.05) is 81.1 Å². The number of aldehydes is 1. The molecule has 0 bridgehead atoms. The maximum atomic E-state index is 11.6. The molecule has 0 atom stereocenters. The van der Waals surface area contributed by atoms with Crippen LogP contribution in [0, 0.1) is 0 Å². The molecule has 3 rings (SSSR count). The van der Waals surface area contributed by atoms with E-state index in [9.17, 15) is 9.90 Å². The number of fused-ring (bicyclic) bond motifs is 3. The van der Waals surface area contributed by atoms with Gasteiger partial charge in [-0.3, -0.25) is 4.79 Å². The summed E-state index contributed by atoms with van der Waals surface area (Å²) in [6.07, 6.45) is 13.3. The van der Waals surface area contributed by atoms with Gasteiger partial charge < -0.3 is 5.11 Å². The third kappa shape index (κ3) is 4.55. The smallest absolute Gasteiger partial charge is 0.160 e. The molecular formula is C25H33BrO2S. The first kappa shape index (κ1) is 22.7. The summed E-state index contributed by atoms with van der Waals surface area (Å²) in [4.78, 5) is 13.6. The van der Waals surface area contributed by atoms with Crippen molar-refractivity contribution < 1.29 is 9.90 Å². The summed E-state index contributed by atoms with van der Waals surface area (Å²) in [6.45, 7) is 4.54. The molecule has 2 nitrogen and oxygen atoms in total. The van der Waals surface area contributed by atoms with Crippen molar-refractivity contribution >= 4 is 33.6 Å². The van der Waals surface area contributed by atoms with E-state index in [4.69, 9.17) is 0 Å². The van der Waals surface area contributed by atoms with Gasteiger partial charge in [-0.25, -0.2) is 0 Å². The second kappa shape index (κ2) is 10.4. The number of rotatable bonds is 12. The maximum absolute atomic E-state index is 11.6. The van der Waals surface area contributed by atoms with Crippen molar-refractivity contribution in [1.29, 1.82) is 0 Å². The Balaban J connectivity index is 2.08. The van der Waals surface area contributed by atoms with E-state index in [1.54, 1.807) is 11.3 Å². The van der Waals surface area contributed by atoms with Crippen LogP contribution < -0.4 is 0 Å². The lowest BCUT2D eigenvalue weighted by molar-refractivity contribution is 0.112. The van der Waals surface area contributed by atoms with E-state index in [1.165, 1.54) is 72.9 Å². The number of unbranched alkanes of at least 4 members (excludes halogenated alkanes) is 6. The predicted molar refractivity (Wildman–Crippen MR) is 127 cm³/mol. The Bertz CT molecular complexity index is 828. The van der Waals surface area contributed by atoms with Gasteiger partial charge in [0.15, 0.2) is 6.29 Å². The number of benzene rings is 1. The molecular weight excluding hydrogens is 444 g/mol. The van der Waals surface area contributed by atoms with Crippen LogP contribution in [0.15, 0.2) is 22.7 Å². The standard InChI is InChI=1S/C25H33BrO2S/c1-3-5-7-9-11-25(12-10-8-6-4-2)21-15-23(26)18(16-27)13-20(21)24-22(25)14-19(17-28)29-24/h13-15,17,27H,3-12,16H2,1-2H3. The summed E-state index contributed by atoms with van der Waals surface area (Å²) in [7, 11) is 0. The van der Waals surface area contributed by atoms with Crippen molar-refractivity contribution in [2.45, 2.75) is 90.1 Å². The highest BCUT2D eigenvalue weighted by atomic mass is 79.9. The third-order valence-corrected chi connectivity index (χ3v) is 8.25. The average Bonchev–Trinajstić information content (AvgIpc) is 3.26. The van der Waals surface area contributed by atoms with Gasteiger partial charge in [0.05, 0.1) is 11.5 Å². The number of halogens is 1. The molecule has 0 saturated carbocycles. The van der Waals surface area contributed by atoms with Crippen LogP contribution in [0.4, 0.5) is 0 Å². The Morgan fingerprint density at radius 3 is 2.17 bits per heavy atom. The molecule has 0 fully saturated rings. The summed E-state index contributed by atoms with van der Waals surface area (Å²) >= 11 is 5.31. The van der Waals surface area contributed by atoms with Crippen molar-refractivity contribution in [2.75, 3.05) is 0 Å². The summed E-state index contributed by atoms with van der Waals surface area (Å²) in [5.41, 5.74) is 4.91. The molecule has 158 valence electrons. The van der Waals surface area contributed by atoms with Crippen molar-refractivity contribution in [3.05, 3.63) is 44.2 Å². The predicted octanol–water partition coefficient (Wildman–Crippen LogP) is 8.02. The molecule has 0 radical (unpaired) electrons. The topological polar surface area (TPSA) is 37.3 Å². The number of aliphatic hydroxyl groups excluding tert-OH is 1. The normalized spacial score (nSPS) is 14.1. The van der Waals surface area contributed by atoms with Crippen molar-refractivity contribution in [1.82, 2.24) is 0 Å². The summed E-state index contributed by atoms with van der Waals surface area (Å²) < 4.78 is 0.996. The zero-order valence-corrected chi connectivity index (χ0v) is 20.1. The Kier molecular flexibility index (Phi) is 8.12. The van der Waals surface area contributed by atoms with Crippen LogP contribution in [-0.2, 0) is 12.0 Å². The molecule has 1 N–H and O–H groups in total. The van der Waals surface area contributed by atoms with Crippen molar-refractivity contribution in [3.8, 4) is 10.4 Å². The monoisotopic (exact) mass is 476 g/mol. The minimum Gasteiger partial charge on any atom is -0.392 e. The van der Waals surface area contributed by atoms with Gasteiger partial charge in [0.1, 0.15) is 0 Å². The van der Waals surface area contributed by atoms with Gasteiger partial charge in [0.2, 0.25) is 0 Å². The number of hydrogen-bond acceptors (Lipinski definition) is 3. The molecule has 2 aromatic rings. The fraction of sp³-hybridized carbons (Fsp3) is 0.560. The largest absolute Gasteiger partial charge is 0.392 e. The second-order valence-electron chi connectivity index (χ2n) is 8.36. The van der Waals surface area contributed by atoms with Gasteiger partial charge in [-0.2, -0.15) is 0 Å². The van der Waals surface area contributed by atoms with Gasteiger partial charge in [0.25, 0.3) is 0 Å². The minimum atomic E-state index is 0.000412. The molecule has 29 heavy (non-hydrogen) atoms. The van der Waals surface area contributed by atoms with Crippen molar-refractivity contribution in [2.24, 2.45) is 0 Å². The van der Waals surface area contributed by atoms with Crippen LogP contribution in [-0.4, -0.2) is 11.4 Å². The molecule has 4 heteroatoms. The molecule has 0 saturated heterocycles. The summed E-state index contributed by atoms with van der Waals surface area (Å²) in [5, 5.41) is 9.80. The number of aliphatic hydroxyl groups is 1. The van der Waals surface area contributed by atoms with Gasteiger partial charge in [-0.15, -0.1) is 11.3 Å². The molecule has 1 aromatic carbocycles. The molecule has 0 amide bonds. The minimum absolute atomic E-state index is 0.000412. The molecule has 0 spiro atoms. The van der Waals surface area contributed by atoms with Crippen LogP contribution in [0.2, 0.25) is 0 Å². The first-order valence-electron chi connectivity index (χ1n) is 11.1. The van der Waals surface area contributed by atoms with E-state index in [-0.39, 0.29) is 12.0 Å². The van der Waals surface area contributed by atoms with Gasteiger partial charge >= 0.3 is 0 Å². The zero-order valence-electron chi connectivity index (χ0n) is 17.7. The Hall–Kier alpha value is -0.970. The first-order chi connectivity index (χ1) is 14.1. The molecule has 0 aliphatic heterocycles. The lowest BCUT2D eigenvalue weighted by Gasteiger charge is -2.32. The number of hydrogen-bond donors (Lipinski definition) is 1. The van der Waals surface area contributed by atoms with E-state index in [0.29, 0.717) is 0 Å². The van der Waals surface area contributed by atoms with E-state index >= 15 is 0 Å². The zero-order chi connectivity index (χ0) is 20.9. The van der Waals surface area contributed by atoms with Crippen LogP contribution in [0.25, 0.3) is 10.4 Å². The molecule has 0 unspecified atom stereocenters. The molecule has 1 aliphatic rings. The van der Waals surface area contributed by atoms with E-state index < -0.39 is 0 Å². The number of carbonyl (C=O) groups excluding carboxylic acids is 1. The van der Waals surface area contributed by atoms with Crippen LogP contribution in [0.1, 0.15) is 104 Å². The number of carbonyl (C=O) groups is 1.